The van der Waals surface area contributed by atoms with Crippen LogP contribution in [0.1, 0.15) is 62.4 Å². The second kappa shape index (κ2) is 7.33. The van der Waals surface area contributed by atoms with Crippen LogP contribution in [0.4, 0.5) is 0 Å². The summed E-state index contributed by atoms with van der Waals surface area (Å²) in [5.74, 6) is 0.439. The molecule has 2 heterocycles. The second-order valence-corrected chi connectivity index (χ2v) is 8.06. The van der Waals surface area contributed by atoms with Gasteiger partial charge in [0.2, 0.25) is 11.8 Å². The van der Waals surface area contributed by atoms with Gasteiger partial charge in [0.1, 0.15) is 17.4 Å². The van der Waals surface area contributed by atoms with Crippen molar-refractivity contribution in [2.45, 2.75) is 71.1 Å². The molecule has 0 aliphatic carbocycles. The van der Waals surface area contributed by atoms with E-state index in [4.69, 9.17) is 4.74 Å². The average Bonchev–Trinajstić information content (AvgIpc) is 2.74. The van der Waals surface area contributed by atoms with Gasteiger partial charge in [0.05, 0.1) is 12.0 Å². The maximum Gasteiger partial charge on any atom is 0.242 e. The lowest BCUT2D eigenvalue weighted by Crippen LogP contribution is -2.50. The molecule has 0 radical (unpaired) electrons. The van der Waals surface area contributed by atoms with Crippen LogP contribution >= 0.6 is 0 Å². The number of carbonyl (C=O) groups excluding carboxylic acids is 3. The van der Waals surface area contributed by atoms with Crippen LogP contribution in [-0.4, -0.2) is 46.7 Å². The van der Waals surface area contributed by atoms with Gasteiger partial charge in [0, 0.05) is 25.4 Å². The number of carbonyl (C=O) groups is 3. The minimum Gasteiger partial charge on any atom is -0.486 e. The molecule has 2 aliphatic rings. The molecule has 0 aromatic heterocycles. The van der Waals surface area contributed by atoms with Gasteiger partial charge in [0.15, 0.2) is 5.78 Å². The van der Waals surface area contributed by atoms with Crippen molar-refractivity contribution < 1.29 is 19.1 Å². The highest BCUT2D eigenvalue weighted by Gasteiger charge is 2.44. The predicted octanol–water partition coefficient (Wildman–Crippen LogP) is 2.62. The Morgan fingerprint density at radius 3 is 2.67 bits per heavy atom. The highest BCUT2D eigenvalue weighted by Crippen LogP contribution is 2.40. The maximum atomic E-state index is 12.7. The van der Waals surface area contributed by atoms with E-state index in [1.54, 1.807) is 11.8 Å². The van der Waals surface area contributed by atoms with Gasteiger partial charge >= 0.3 is 0 Å². The molecule has 2 aliphatic heterocycles. The van der Waals surface area contributed by atoms with E-state index in [1.807, 2.05) is 39.0 Å². The average molecular weight is 372 g/mol. The molecule has 1 aromatic rings. The molecule has 1 aromatic carbocycles. The Bertz CT molecular complexity index is 773. The number of rotatable bonds is 3. The van der Waals surface area contributed by atoms with Crippen molar-refractivity contribution in [1.82, 2.24) is 10.2 Å². The number of ketones is 1. The zero-order chi connectivity index (χ0) is 19.8. The maximum absolute atomic E-state index is 12.7. The third-order valence-corrected chi connectivity index (χ3v) is 5.45. The molecule has 1 saturated heterocycles. The van der Waals surface area contributed by atoms with Crippen LogP contribution in [0.3, 0.4) is 0 Å². The number of nitrogens with zero attached hydrogens (tertiary/aromatic N) is 1. The number of amides is 2. The fraction of sp³-hybridized carbons (Fsp3) is 0.571. The molecule has 0 saturated carbocycles. The van der Waals surface area contributed by atoms with Crippen molar-refractivity contribution in [1.29, 1.82) is 0 Å². The van der Waals surface area contributed by atoms with E-state index >= 15 is 0 Å². The number of benzene rings is 1. The number of aryl methyl sites for hydroxylation is 1. The molecule has 1 spiro atoms. The summed E-state index contributed by atoms with van der Waals surface area (Å²) in [6, 6.07) is 5.11. The molecule has 146 valence electrons. The van der Waals surface area contributed by atoms with E-state index in [1.165, 1.54) is 0 Å². The van der Waals surface area contributed by atoms with Gasteiger partial charge in [-0.2, -0.15) is 0 Å². The molecule has 2 atom stereocenters. The fourth-order valence-corrected chi connectivity index (χ4v) is 3.90. The third kappa shape index (κ3) is 3.99. The van der Waals surface area contributed by atoms with E-state index < -0.39 is 11.6 Å². The largest absolute Gasteiger partial charge is 0.486 e. The van der Waals surface area contributed by atoms with Crippen LogP contribution in [0, 0.1) is 6.92 Å². The second-order valence-electron chi connectivity index (χ2n) is 8.06. The van der Waals surface area contributed by atoms with Crippen molar-refractivity contribution in [3.63, 3.8) is 0 Å². The summed E-state index contributed by atoms with van der Waals surface area (Å²) in [5, 5.41) is 2.86. The fourth-order valence-electron chi connectivity index (χ4n) is 3.90. The first-order chi connectivity index (χ1) is 12.7. The summed E-state index contributed by atoms with van der Waals surface area (Å²) >= 11 is 0. The predicted molar refractivity (Wildman–Crippen MR) is 102 cm³/mol. The Kier molecular flexibility index (Phi) is 5.27. The first-order valence-corrected chi connectivity index (χ1v) is 9.63. The number of fused-ring (bicyclic) bond motifs is 1. The van der Waals surface area contributed by atoms with E-state index in [-0.39, 0.29) is 36.5 Å². The first-order valence-electron chi connectivity index (χ1n) is 9.63. The van der Waals surface area contributed by atoms with Gasteiger partial charge in [-0.1, -0.05) is 11.6 Å². The number of nitrogens with one attached hydrogen (secondary N) is 1. The number of hydrogen-bond donors (Lipinski definition) is 1. The minimum atomic E-state index is -0.669. The Labute approximate surface area is 160 Å². The molecule has 0 bridgehead atoms. The summed E-state index contributed by atoms with van der Waals surface area (Å²) in [6.07, 6.45) is 1.57. The number of hydrogen-bond acceptors (Lipinski definition) is 4. The van der Waals surface area contributed by atoms with Gasteiger partial charge in [-0.3, -0.25) is 14.4 Å². The molecule has 6 heteroatoms. The summed E-state index contributed by atoms with van der Waals surface area (Å²) in [5.41, 5.74) is 0.976. The summed E-state index contributed by atoms with van der Waals surface area (Å²) in [4.78, 5) is 39.3. The molecule has 6 nitrogen and oxygen atoms in total. The SMILES string of the molecule is Cc1ccc2c(c1)C(=O)CC1(CCC(=O)N(C(C)C(=O)NC(C)C)CC1)O2. The van der Waals surface area contributed by atoms with Gasteiger partial charge in [-0.25, -0.2) is 0 Å². The quantitative estimate of drug-likeness (QED) is 0.885. The van der Waals surface area contributed by atoms with Gasteiger partial charge < -0.3 is 15.0 Å². The minimum absolute atomic E-state index is 0.0210. The van der Waals surface area contributed by atoms with Gasteiger partial charge in [-0.15, -0.1) is 0 Å². The molecule has 2 amide bonds. The number of Topliss-reactive ketones (excluding diaryl/α,β-unsaturated/α-hetero) is 1. The summed E-state index contributed by atoms with van der Waals surface area (Å²) in [7, 11) is 0. The van der Waals surface area contributed by atoms with Crippen LogP contribution < -0.4 is 10.1 Å². The monoisotopic (exact) mass is 372 g/mol. The zero-order valence-electron chi connectivity index (χ0n) is 16.5. The van der Waals surface area contributed by atoms with Gasteiger partial charge in [0.25, 0.3) is 0 Å². The topological polar surface area (TPSA) is 75.7 Å². The molecular formula is C21H28N2O4. The highest BCUT2D eigenvalue weighted by molar-refractivity contribution is 6.00. The Morgan fingerprint density at radius 1 is 1.22 bits per heavy atom. The van der Waals surface area contributed by atoms with Crippen LogP contribution in [0.25, 0.3) is 0 Å². The van der Waals surface area contributed by atoms with Crippen molar-refractivity contribution in [2.24, 2.45) is 0 Å². The van der Waals surface area contributed by atoms with Crippen molar-refractivity contribution in [3.05, 3.63) is 29.3 Å². The lowest BCUT2D eigenvalue weighted by Gasteiger charge is -2.37. The Balaban J connectivity index is 1.78. The van der Waals surface area contributed by atoms with Crippen LogP contribution in [0.2, 0.25) is 0 Å². The van der Waals surface area contributed by atoms with E-state index in [0.29, 0.717) is 30.7 Å². The molecule has 27 heavy (non-hydrogen) atoms. The number of likely N-dealkylation sites (tertiary alicyclic amines) is 1. The normalized spacial score (nSPS) is 23.7. The van der Waals surface area contributed by atoms with E-state index in [9.17, 15) is 14.4 Å². The van der Waals surface area contributed by atoms with Crippen LogP contribution in [0.15, 0.2) is 18.2 Å². The van der Waals surface area contributed by atoms with E-state index in [2.05, 4.69) is 5.32 Å². The highest BCUT2D eigenvalue weighted by atomic mass is 16.5. The van der Waals surface area contributed by atoms with Crippen LogP contribution in [0.5, 0.6) is 5.75 Å². The van der Waals surface area contributed by atoms with Crippen LogP contribution in [-0.2, 0) is 9.59 Å². The summed E-state index contributed by atoms with van der Waals surface area (Å²) in [6.45, 7) is 7.89. The lowest BCUT2D eigenvalue weighted by atomic mass is 9.84. The van der Waals surface area contributed by atoms with Gasteiger partial charge in [-0.05, 0) is 46.2 Å². The Morgan fingerprint density at radius 2 is 1.96 bits per heavy atom. The molecule has 3 rings (SSSR count). The zero-order valence-corrected chi connectivity index (χ0v) is 16.5. The number of ether oxygens (including phenoxy) is 1. The van der Waals surface area contributed by atoms with Crippen molar-refractivity contribution in [3.8, 4) is 5.75 Å². The smallest absolute Gasteiger partial charge is 0.242 e. The molecule has 2 unspecified atom stereocenters. The standard InChI is InChI=1S/C21H28N2O4/c1-13(2)22-20(26)15(4)23-10-9-21(8-7-19(23)25)12-17(24)16-11-14(3)5-6-18(16)27-21/h5-6,11,13,15H,7-10,12H2,1-4H3,(H,22,26). The molecule has 1 N–H and O–H groups in total. The van der Waals surface area contributed by atoms with E-state index in [0.717, 1.165) is 5.56 Å². The molecule has 1 fully saturated rings. The Hall–Kier alpha value is -2.37. The first kappa shape index (κ1) is 19.4. The summed E-state index contributed by atoms with van der Waals surface area (Å²) < 4.78 is 6.27. The van der Waals surface area contributed by atoms with Crippen molar-refractivity contribution >= 4 is 17.6 Å². The lowest BCUT2D eigenvalue weighted by molar-refractivity contribution is -0.139. The third-order valence-electron chi connectivity index (χ3n) is 5.45. The van der Waals surface area contributed by atoms with Crippen molar-refractivity contribution in [2.75, 3.05) is 6.54 Å². The molecular weight excluding hydrogens is 344 g/mol.